The Kier molecular flexibility index (Phi) is 5.84. The number of benzene rings is 1. The predicted octanol–water partition coefficient (Wildman–Crippen LogP) is 2.88. The molecule has 1 rings (SSSR count). The minimum Gasteiger partial charge on any atom is -0.496 e. The van der Waals surface area contributed by atoms with Crippen molar-refractivity contribution >= 4 is 17.5 Å². The van der Waals surface area contributed by atoms with Crippen LogP contribution in [-0.4, -0.2) is 30.8 Å². The summed E-state index contributed by atoms with van der Waals surface area (Å²) < 4.78 is 5.16. The maximum absolute atomic E-state index is 12.3. The van der Waals surface area contributed by atoms with Crippen LogP contribution >= 0.6 is 11.6 Å². The quantitative estimate of drug-likeness (QED) is 0.879. The summed E-state index contributed by atoms with van der Waals surface area (Å²) >= 11 is 5.91. The monoisotopic (exact) mass is 299 g/mol. The number of ether oxygens (including phenoxy) is 1. The van der Waals surface area contributed by atoms with Crippen molar-refractivity contribution in [2.75, 3.05) is 13.7 Å². The molecule has 5 heteroatoms. The summed E-state index contributed by atoms with van der Waals surface area (Å²) in [5.41, 5.74) is 0.381. The minimum absolute atomic E-state index is 0.0130. The van der Waals surface area contributed by atoms with E-state index in [0.29, 0.717) is 22.8 Å². The van der Waals surface area contributed by atoms with Gasteiger partial charge in [-0.05, 0) is 30.0 Å². The van der Waals surface area contributed by atoms with E-state index in [2.05, 4.69) is 26.1 Å². The van der Waals surface area contributed by atoms with E-state index in [1.54, 1.807) is 18.2 Å². The molecule has 0 aliphatic heterocycles. The van der Waals surface area contributed by atoms with Crippen molar-refractivity contribution in [3.8, 4) is 5.75 Å². The van der Waals surface area contributed by atoms with Crippen LogP contribution in [0.25, 0.3) is 0 Å². The molecular formula is C15H22ClNO3. The Balaban J connectivity index is 2.87. The third-order valence-electron chi connectivity index (χ3n) is 2.82. The molecule has 0 heterocycles. The average molecular weight is 300 g/mol. The molecule has 0 aliphatic carbocycles. The Bertz CT molecular complexity index is 469. The fraction of sp³-hybridized carbons (Fsp3) is 0.533. The lowest BCUT2D eigenvalue weighted by Crippen LogP contribution is -2.40. The lowest BCUT2D eigenvalue weighted by Gasteiger charge is -2.25. The summed E-state index contributed by atoms with van der Waals surface area (Å²) in [5, 5.41) is 12.7. The van der Waals surface area contributed by atoms with Crippen molar-refractivity contribution in [1.82, 2.24) is 5.32 Å². The smallest absolute Gasteiger partial charge is 0.255 e. The van der Waals surface area contributed by atoms with E-state index in [0.717, 1.165) is 0 Å². The van der Waals surface area contributed by atoms with Gasteiger partial charge in [-0.3, -0.25) is 4.79 Å². The van der Waals surface area contributed by atoms with Crippen LogP contribution in [0.1, 0.15) is 37.6 Å². The van der Waals surface area contributed by atoms with Crippen LogP contribution < -0.4 is 10.1 Å². The third kappa shape index (κ3) is 5.02. The molecule has 4 nitrogen and oxygen atoms in total. The van der Waals surface area contributed by atoms with Gasteiger partial charge in [0.15, 0.2) is 0 Å². The predicted molar refractivity (Wildman–Crippen MR) is 80.4 cm³/mol. The summed E-state index contributed by atoms with van der Waals surface area (Å²) in [7, 11) is 1.50. The number of aliphatic hydroxyl groups excluding tert-OH is 1. The second-order valence-corrected chi connectivity index (χ2v) is 6.40. The van der Waals surface area contributed by atoms with Crippen LogP contribution in [-0.2, 0) is 0 Å². The van der Waals surface area contributed by atoms with E-state index in [1.807, 2.05) is 0 Å². The zero-order valence-corrected chi connectivity index (χ0v) is 13.1. The summed E-state index contributed by atoms with van der Waals surface area (Å²) in [5.74, 6) is 0.159. The van der Waals surface area contributed by atoms with Crippen LogP contribution in [0.2, 0.25) is 5.02 Å². The third-order valence-corrected chi connectivity index (χ3v) is 3.06. The molecule has 0 aromatic heterocycles. The van der Waals surface area contributed by atoms with Crippen molar-refractivity contribution in [3.63, 3.8) is 0 Å². The van der Waals surface area contributed by atoms with Gasteiger partial charge in [0.1, 0.15) is 5.75 Å². The number of hydrogen-bond donors (Lipinski definition) is 2. The Labute approximate surface area is 125 Å². The maximum Gasteiger partial charge on any atom is 0.255 e. The lowest BCUT2D eigenvalue weighted by molar-refractivity contribution is 0.0894. The molecule has 1 atom stereocenters. The maximum atomic E-state index is 12.3. The highest BCUT2D eigenvalue weighted by Gasteiger charge is 2.22. The van der Waals surface area contributed by atoms with Crippen LogP contribution in [0, 0.1) is 5.41 Å². The van der Waals surface area contributed by atoms with E-state index in [1.165, 1.54) is 7.11 Å². The van der Waals surface area contributed by atoms with Gasteiger partial charge in [-0.25, -0.2) is 0 Å². The second-order valence-electron chi connectivity index (χ2n) is 5.96. The number of halogens is 1. The van der Waals surface area contributed by atoms with Crippen molar-refractivity contribution in [1.29, 1.82) is 0 Å². The molecule has 0 saturated heterocycles. The first-order valence-electron chi connectivity index (χ1n) is 6.52. The first-order chi connectivity index (χ1) is 9.26. The number of methoxy groups -OCH3 is 1. The Morgan fingerprint density at radius 2 is 2.10 bits per heavy atom. The first kappa shape index (κ1) is 16.8. The van der Waals surface area contributed by atoms with Crippen molar-refractivity contribution in [3.05, 3.63) is 28.8 Å². The summed E-state index contributed by atoms with van der Waals surface area (Å²) in [6.07, 6.45) is 0.679. The van der Waals surface area contributed by atoms with Gasteiger partial charge in [0.2, 0.25) is 0 Å². The van der Waals surface area contributed by atoms with Crippen molar-refractivity contribution in [2.24, 2.45) is 5.41 Å². The average Bonchev–Trinajstić information content (AvgIpc) is 2.36. The van der Waals surface area contributed by atoms with Gasteiger partial charge in [-0.1, -0.05) is 32.4 Å². The molecule has 0 aliphatic rings. The number of aliphatic hydroxyl groups is 1. The topological polar surface area (TPSA) is 58.6 Å². The first-order valence-corrected chi connectivity index (χ1v) is 6.90. The SMILES string of the molecule is COc1ccc(Cl)cc1C(=O)NC(CO)CC(C)(C)C. The Morgan fingerprint density at radius 3 is 2.60 bits per heavy atom. The standard InChI is InChI=1S/C15H22ClNO3/c1-15(2,3)8-11(9-18)17-14(19)12-7-10(16)5-6-13(12)20-4/h5-7,11,18H,8-9H2,1-4H3,(H,17,19). The van der Waals surface area contributed by atoms with Gasteiger partial charge in [-0.2, -0.15) is 0 Å². The zero-order chi connectivity index (χ0) is 15.3. The van der Waals surface area contributed by atoms with E-state index in [-0.39, 0.29) is 24.0 Å². The van der Waals surface area contributed by atoms with Crippen LogP contribution in [0.4, 0.5) is 0 Å². The summed E-state index contributed by atoms with van der Waals surface area (Å²) in [6.45, 7) is 6.07. The Morgan fingerprint density at radius 1 is 1.45 bits per heavy atom. The van der Waals surface area contributed by atoms with Gasteiger partial charge in [0.05, 0.1) is 25.3 Å². The Hall–Kier alpha value is -1.26. The molecule has 1 aromatic rings. The fourth-order valence-electron chi connectivity index (χ4n) is 2.02. The van der Waals surface area contributed by atoms with Crippen LogP contribution in [0.3, 0.4) is 0 Å². The van der Waals surface area contributed by atoms with Crippen LogP contribution in [0.15, 0.2) is 18.2 Å². The van der Waals surface area contributed by atoms with E-state index in [4.69, 9.17) is 16.3 Å². The molecule has 0 radical (unpaired) electrons. The van der Waals surface area contributed by atoms with Gasteiger partial charge in [0.25, 0.3) is 5.91 Å². The van der Waals surface area contributed by atoms with Gasteiger partial charge < -0.3 is 15.2 Å². The highest BCUT2D eigenvalue weighted by Crippen LogP contribution is 2.24. The molecule has 20 heavy (non-hydrogen) atoms. The molecule has 112 valence electrons. The highest BCUT2D eigenvalue weighted by atomic mass is 35.5. The summed E-state index contributed by atoms with van der Waals surface area (Å²) in [6, 6.07) is 4.57. The number of carbonyl (C=O) groups excluding carboxylic acids is 1. The molecule has 0 bridgehead atoms. The van der Waals surface area contributed by atoms with Crippen molar-refractivity contribution < 1.29 is 14.6 Å². The van der Waals surface area contributed by atoms with E-state index in [9.17, 15) is 9.90 Å². The molecule has 1 unspecified atom stereocenters. The normalized spacial score (nSPS) is 12.9. The molecule has 0 spiro atoms. The fourth-order valence-corrected chi connectivity index (χ4v) is 2.19. The molecular weight excluding hydrogens is 278 g/mol. The van der Waals surface area contributed by atoms with E-state index < -0.39 is 0 Å². The zero-order valence-electron chi connectivity index (χ0n) is 12.4. The number of amides is 1. The van der Waals surface area contributed by atoms with E-state index >= 15 is 0 Å². The lowest BCUT2D eigenvalue weighted by atomic mass is 9.88. The van der Waals surface area contributed by atoms with Crippen molar-refractivity contribution in [2.45, 2.75) is 33.2 Å². The minimum atomic E-state index is -0.300. The molecule has 1 amide bonds. The van der Waals surface area contributed by atoms with Crippen LogP contribution in [0.5, 0.6) is 5.75 Å². The molecule has 2 N–H and O–H groups in total. The number of rotatable bonds is 5. The second kappa shape index (κ2) is 6.95. The number of nitrogens with one attached hydrogen (secondary N) is 1. The van der Waals surface area contributed by atoms with Gasteiger partial charge in [-0.15, -0.1) is 0 Å². The summed E-state index contributed by atoms with van der Waals surface area (Å²) in [4.78, 5) is 12.3. The van der Waals surface area contributed by atoms with Gasteiger partial charge >= 0.3 is 0 Å². The highest BCUT2D eigenvalue weighted by molar-refractivity contribution is 6.31. The number of hydrogen-bond acceptors (Lipinski definition) is 3. The molecule has 0 fully saturated rings. The molecule has 1 aromatic carbocycles. The number of carbonyl (C=O) groups is 1. The largest absolute Gasteiger partial charge is 0.496 e. The molecule has 0 saturated carbocycles. The van der Waals surface area contributed by atoms with Gasteiger partial charge in [0, 0.05) is 5.02 Å².